The highest BCUT2D eigenvalue weighted by molar-refractivity contribution is 5.73. The van der Waals surface area contributed by atoms with Crippen molar-refractivity contribution in [2.45, 2.75) is 32.6 Å². The molecule has 1 fully saturated rings. The largest absolute Gasteiger partial charge is 0.375 e. The fourth-order valence-electron chi connectivity index (χ4n) is 3.16. The summed E-state index contributed by atoms with van der Waals surface area (Å²) in [4.78, 5) is 16.5. The number of nitrogens with one attached hydrogen (secondary N) is 2. The normalized spacial score (nSPS) is 15.8. The van der Waals surface area contributed by atoms with E-state index in [1.165, 1.54) is 31.6 Å². The van der Waals surface area contributed by atoms with Crippen molar-refractivity contribution < 1.29 is 4.79 Å². The van der Waals surface area contributed by atoms with Crippen LogP contribution < -0.4 is 15.5 Å². The number of unbranched alkanes of at least 4 members (excludes halogenated alkanes) is 1. The van der Waals surface area contributed by atoms with Crippen molar-refractivity contribution >= 4 is 11.7 Å². The van der Waals surface area contributed by atoms with Gasteiger partial charge in [-0.05, 0) is 56.8 Å². The second-order valence-electron chi connectivity index (χ2n) is 7.17. The summed E-state index contributed by atoms with van der Waals surface area (Å²) in [7, 11) is 2.11. The van der Waals surface area contributed by atoms with Crippen LogP contribution in [0, 0.1) is 5.92 Å². The third-order valence-corrected chi connectivity index (χ3v) is 4.99. The minimum Gasteiger partial charge on any atom is -0.375 e. The summed E-state index contributed by atoms with van der Waals surface area (Å²) in [5, 5.41) is 5.92. The quantitative estimate of drug-likeness (QED) is 0.676. The molecule has 25 heavy (non-hydrogen) atoms. The third kappa shape index (κ3) is 7.78. The molecule has 0 saturated carbocycles. The van der Waals surface area contributed by atoms with Gasteiger partial charge >= 0.3 is 6.03 Å². The maximum atomic E-state index is 11.8. The van der Waals surface area contributed by atoms with E-state index >= 15 is 0 Å². The van der Waals surface area contributed by atoms with Gasteiger partial charge in [0.2, 0.25) is 0 Å². The minimum atomic E-state index is -0.0400. The molecule has 1 heterocycles. The summed E-state index contributed by atoms with van der Waals surface area (Å²) in [5.74, 6) is 0.855. The zero-order chi connectivity index (χ0) is 17.9. The molecule has 0 radical (unpaired) electrons. The monoisotopic (exact) mass is 346 g/mol. The van der Waals surface area contributed by atoms with Crippen LogP contribution in [0.25, 0.3) is 0 Å². The first-order chi connectivity index (χ1) is 12.1. The van der Waals surface area contributed by atoms with Crippen LogP contribution in [-0.4, -0.2) is 57.2 Å². The Labute approximate surface area is 152 Å². The summed E-state index contributed by atoms with van der Waals surface area (Å²) in [6.07, 6.45) is 4.62. The first kappa shape index (κ1) is 19.6. The molecule has 0 atom stereocenters. The molecule has 140 valence electrons. The predicted octanol–water partition coefficient (Wildman–Crippen LogP) is 2.93. The van der Waals surface area contributed by atoms with E-state index in [-0.39, 0.29) is 6.03 Å². The lowest BCUT2D eigenvalue weighted by molar-refractivity contribution is 0.191. The van der Waals surface area contributed by atoms with E-state index in [1.54, 1.807) is 0 Å². The zero-order valence-corrected chi connectivity index (χ0v) is 15.8. The fourth-order valence-corrected chi connectivity index (χ4v) is 3.16. The van der Waals surface area contributed by atoms with Crippen LogP contribution in [0.3, 0.4) is 0 Å². The van der Waals surface area contributed by atoms with Crippen LogP contribution in [0.15, 0.2) is 30.3 Å². The number of benzene rings is 1. The smallest absolute Gasteiger partial charge is 0.314 e. The second-order valence-corrected chi connectivity index (χ2v) is 7.17. The molecule has 2 N–H and O–H groups in total. The number of rotatable bonds is 9. The molecule has 0 bridgehead atoms. The van der Waals surface area contributed by atoms with Crippen LogP contribution in [0.1, 0.15) is 32.6 Å². The van der Waals surface area contributed by atoms with Gasteiger partial charge < -0.3 is 20.4 Å². The lowest BCUT2D eigenvalue weighted by Gasteiger charge is -2.30. The van der Waals surface area contributed by atoms with Crippen LogP contribution >= 0.6 is 0 Å². The van der Waals surface area contributed by atoms with E-state index in [4.69, 9.17) is 0 Å². The topological polar surface area (TPSA) is 47.6 Å². The number of carbonyl (C=O) groups excluding carboxylic acids is 1. The summed E-state index contributed by atoms with van der Waals surface area (Å²) in [6.45, 7) is 8.08. The number of anilines is 1. The summed E-state index contributed by atoms with van der Waals surface area (Å²) in [6, 6.07) is 10.3. The molecule has 1 saturated heterocycles. The number of piperidine rings is 1. The summed E-state index contributed by atoms with van der Waals surface area (Å²) < 4.78 is 0. The molecule has 1 aliphatic heterocycles. The second kappa shape index (κ2) is 11.0. The van der Waals surface area contributed by atoms with Gasteiger partial charge in [0.15, 0.2) is 0 Å². The van der Waals surface area contributed by atoms with Crippen LogP contribution in [0.2, 0.25) is 0 Å². The molecule has 1 aliphatic rings. The number of nitrogens with zero attached hydrogens (tertiary/aromatic N) is 2. The minimum absolute atomic E-state index is 0.0400. The number of para-hydroxylation sites is 1. The van der Waals surface area contributed by atoms with Gasteiger partial charge in [0.1, 0.15) is 0 Å². The van der Waals surface area contributed by atoms with Gasteiger partial charge in [-0.3, -0.25) is 0 Å². The van der Waals surface area contributed by atoms with Gasteiger partial charge in [-0.15, -0.1) is 0 Å². The molecule has 0 spiro atoms. The Balaban J connectivity index is 1.45. The SMILES string of the molecule is CC1CCN(CCNC(=O)NCCCCN(C)c2ccccc2)CC1. The lowest BCUT2D eigenvalue weighted by Crippen LogP contribution is -2.42. The van der Waals surface area contributed by atoms with E-state index in [2.05, 4.69) is 58.7 Å². The zero-order valence-electron chi connectivity index (χ0n) is 15.8. The van der Waals surface area contributed by atoms with E-state index in [0.717, 1.165) is 44.9 Å². The number of carbonyl (C=O) groups is 1. The van der Waals surface area contributed by atoms with Gasteiger partial charge in [0.05, 0.1) is 0 Å². The van der Waals surface area contributed by atoms with E-state index in [1.807, 2.05) is 6.07 Å². The van der Waals surface area contributed by atoms with Gasteiger partial charge in [-0.1, -0.05) is 25.1 Å². The Morgan fingerprint density at radius 1 is 1.12 bits per heavy atom. The predicted molar refractivity (Wildman–Crippen MR) is 105 cm³/mol. The van der Waals surface area contributed by atoms with Crippen LogP contribution in [0.4, 0.5) is 10.5 Å². The summed E-state index contributed by atoms with van der Waals surface area (Å²) >= 11 is 0. The molecular formula is C20H34N4O. The molecule has 5 heteroatoms. The number of urea groups is 1. The highest BCUT2D eigenvalue weighted by atomic mass is 16.2. The first-order valence-corrected chi connectivity index (χ1v) is 9.65. The standard InChI is InChI=1S/C20H34N4O/c1-18-10-15-24(16-11-18)17-13-22-20(25)21-12-6-7-14-23(2)19-8-4-3-5-9-19/h3-5,8-9,18H,6-7,10-17H2,1-2H3,(H2,21,22,25). The van der Waals surface area contributed by atoms with E-state index in [9.17, 15) is 4.79 Å². The number of amides is 2. The number of hydrogen-bond donors (Lipinski definition) is 2. The highest BCUT2D eigenvalue weighted by Gasteiger charge is 2.15. The molecule has 0 aliphatic carbocycles. The average Bonchev–Trinajstić information content (AvgIpc) is 2.63. The lowest BCUT2D eigenvalue weighted by atomic mass is 9.99. The van der Waals surface area contributed by atoms with Crippen molar-refractivity contribution in [1.82, 2.24) is 15.5 Å². The van der Waals surface area contributed by atoms with Crippen molar-refractivity contribution in [3.8, 4) is 0 Å². The fraction of sp³-hybridized carbons (Fsp3) is 0.650. The van der Waals surface area contributed by atoms with E-state index in [0.29, 0.717) is 0 Å². The van der Waals surface area contributed by atoms with Gasteiger partial charge in [-0.25, -0.2) is 4.79 Å². The Kier molecular flexibility index (Phi) is 8.60. The van der Waals surface area contributed by atoms with Crippen molar-refractivity contribution in [2.24, 2.45) is 5.92 Å². The van der Waals surface area contributed by atoms with Crippen molar-refractivity contribution in [3.63, 3.8) is 0 Å². The average molecular weight is 347 g/mol. The first-order valence-electron chi connectivity index (χ1n) is 9.65. The maximum Gasteiger partial charge on any atom is 0.314 e. The van der Waals surface area contributed by atoms with Crippen molar-refractivity contribution in [1.29, 1.82) is 0 Å². The molecule has 2 amide bonds. The molecule has 1 aromatic rings. The highest BCUT2D eigenvalue weighted by Crippen LogP contribution is 2.15. The van der Waals surface area contributed by atoms with Crippen LogP contribution in [0.5, 0.6) is 0 Å². The number of hydrogen-bond acceptors (Lipinski definition) is 3. The van der Waals surface area contributed by atoms with E-state index < -0.39 is 0 Å². The molecule has 0 aromatic heterocycles. The Morgan fingerprint density at radius 2 is 1.80 bits per heavy atom. The molecular weight excluding hydrogens is 312 g/mol. The van der Waals surface area contributed by atoms with Gasteiger partial charge in [-0.2, -0.15) is 0 Å². The van der Waals surface area contributed by atoms with Gasteiger partial charge in [0.25, 0.3) is 0 Å². The Hall–Kier alpha value is -1.75. The summed E-state index contributed by atoms with van der Waals surface area (Å²) in [5.41, 5.74) is 1.24. The Bertz CT molecular complexity index is 486. The number of likely N-dealkylation sites (tertiary alicyclic amines) is 1. The van der Waals surface area contributed by atoms with Gasteiger partial charge in [0, 0.05) is 38.9 Å². The molecule has 5 nitrogen and oxygen atoms in total. The van der Waals surface area contributed by atoms with Crippen molar-refractivity contribution in [2.75, 3.05) is 51.2 Å². The van der Waals surface area contributed by atoms with Crippen molar-refractivity contribution in [3.05, 3.63) is 30.3 Å². The maximum absolute atomic E-state index is 11.8. The van der Waals surface area contributed by atoms with Crippen LogP contribution in [-0.2, 0) is 0 Å². The molecule has 0 unspecified atom stereocenters. The molecule has 1 aromatic carbocycles. The third-order valence-electron chi connectivity index (χ3n) is 4.99. The molecule has 2 rings (SSSR count). The Morgan fingerprint density at radius 3 is 2.52 bits per heavy atom.